The molecule has 418 valence electrons. The molecule has 40 heteroatoms. The molecule has 0 aliphatic heterocycles. The van der Waals surface area contributed by atoms with Crippen molar-refractivity contribution < 1.29 is 190 Å². The van der Waals surface area contributed by atoms with E-state index in [0.29, 0.717) is 60.4 Å². The van der Waals surface area contributed by atoms with E-state index < -0.39 is 138 Å². The summed E-state index contributed by atoms with van der Waals surface area (Å²) in [5.74, 6) is -2.53. The fourth-order valence-corrected chi connectivity index (χ4v) is 10.4. The quantitative estimate of drug-likeness (QED) is 0.0382. The SMILES string of the molecule is CCCOc1cc(-c2ccc(N=Nc3c(S(=O)(=O)O)cc4cc(S(=O)(=O)[O-])cc(N=c5nc(Cl)nc(Cl)[nH]5)c4c3[O-])c(OCCC)c2)ccc1N=Nc1c(S(=O)(=O)O)cc2cc(S(=O)(=O)[O-])cc(N=c3nc(Cl)nc(Cl)[nH]3)c2c1[O-].[Na+].[Na+].[Na+].[Na+]. The van der Waals surface area contributed by atoms with E-state index in [1.807, 2.05) is 0 Å². The third kappa shape index (κ3) is 17.5. The molecular weight excluding hydrogens is 1310 g/mol. The number of H-pyrrole nitrogens is 2. The van der Waals surface area contributed by atoms with Gasteiger partial charge in [-0.15, -0.1) is 20.5 Å². The average molecular weight is 1340 g/mol. The second-order valence-corrected chi connectivity index (χ2v) is 23.1. The molecule has 8 aromatic rings. The monoisotopic (exact) mass is 1340 g/mol. The molecule has 0 aliphatic carbocycles. The van der Waals surface area contributed by atoms with Crippen LogP contribution in [-0.2, 0) is 40.5 Å². The minimum absolute atomic E-state index is 0. The molecule has 2 aromatic heterocycles. The van der Waals surface area contributed by atoms with Gasteiger partial charge >= 0.3 is 118 Å². The van der Waals surface area contributed by atoms with Gasteiger partial charge in [0, 0.05) is 10.8 Å². The molecule has 0 saturated carbocycles. The van der Waals surface area contributed by atoms with Crippen LogP contribution in [0.1, 0.15) is 26.7 Å². The number of hydrogen-bond acceptors (Lipinski definition) is 24. The fourth-order valence-electron chi connectivity index (χ4n) is 7.33. The number of aromatic amines is 2. The summed E-state index contributed by atoms with van der Waals surface area (Å²) in [6.07, 6.45) is 0.909. The predicted molar refractivity (Wildman–Crippen MR) is 277 cm³/mol. The van der Waals surface area contributed by atoms with Gasteiger partial charge in [0.15, 0.2) is 0 Å². The number of aromatic nitrogens is 6. The van der Waals surface area contributed by atoms with Crippen molar-refractivity contribution >= 4 is 143 Å². The molecule has 0 saturated heterocycles. The largest absolute Gasteiger partial charge is 1.00 e. The zero-order valence-corrected chi connectivity index (χ0v) is 58.3. The normalized spacial score (nSPS) is 12.5. The molecule has 84 heavy (non-hydrogen) atoms. The summed E-state index contributed by atoms with van der Waals surface area (Å²) in [4.78, 5) is 23.7. The minimum Gasteiger partial charge on any atom is -0.870 e. The van der Waals surface area contributed by atoms with E-state index in [0.717, 1.165) is 0 Å². The third-order valence-corrected chi connectivity index (χ3v) is 14.7. The molecule has 4 N–H and O–H groups in total. The maximum absolute atomic E-state index is 14.3. The van der Waals surface area contributed by atoms with Gasteiger partial charge in [0.1, 0.15) is 52.9 Å². The predicted octanol–water partition coefficient (Wildman–Crippen LogP) is -4.15. The van der Waals surface area contributed by atoms with Crippen LogP contribution in [0.4, 0.5) is 34.1 Å². The molecule has 0 spiro atoms. The van der Waals surface area contributed by atoms with E-state index >= 15 is 0 Å². The Morgan fingerprint density at radius 1 is 0.512 bits per heavy atom. The average Bonchev–Trinajstić information content (AvgIpc) is 3.02. The zero-order valence-electron chi connectivity index (χ0n) is 44.0. The van der Waals surface area contributed by atoms with E-state index in [4.69, 9.17) is 55.9 Å². The van der Waals surface area contributed by atoms with E-state index in [1.165, 1.54) is 36.4 Å². The number of ether oxygens (including phenoxy) is 2. The van der Waals surface area contributed by atoms with Crippen LogP contribution in [-0.4, -0.2) is 95.0 Å². The van der Waals surface area contributed by atoms with Crippen LogP contribution in [0.25, 0.3) is 32.7 Å². The maximum atomic E-state index is 14.3. The van der Waals surface area contributed by atoms with E-state index in [9.17, 15) is 62.1 Å². The number of nitrogens with one attached hydrogen (secondary N) is 2. The van der Waals surface area contributed by atoms with E-state index in [1.54, 1.807) is 13.8 Å². The number of benzene rings is 6. The molecule has 0 fully saturated rings. The van der Waals surface area contributed by atoms with Gasteiger partial charge < -0.3 is 28.8 Å². The van der Waals surface area contributed by atoms with Crippen LogP contribution in [0.5, 0.6) is 23.0 Å². The van der Waals surface area contributed by atoms with Crippen LogP contribution >= 0.6 is 46.4 Å². The molecular formula is C44H30Cl4N12Na4O16S4. The summed E-state index contributed by atoms with van der Waals surface area (Å²) >= 11 is 23.6. The molecule has 0 bridgehead atoms. The standard InChI is InChI=1S/C44H34Cl4N12O16S4.4Na/c1-3-9-75-29-13-19(5-7-25(29)57-59-35-31(79(69,70)71)15-21-11-23(77(63,64)65)17-27(33(21)37(35)61)49-43-53-39(45)51-40(46)54-43)20-6-8-26(30(14-20)76-10-4-2)58-60-36-32(80(72,73)74)16-22-12-24(78(66,67)68)18-28(34(22)38(36)62)50-44-55-41(47)52-42(48)56-44;;;;/h5-8,11-18,61-62H,3-4,9-10H2,1-2H3,(H,63,64,65)(H,66,67,68)(H,69,70,71)(H,72,73,74)(H,49,51,53,54)(H,50,52,55,56);;;;/q;4*+1/p-4. The fraction of sp³-hybridized carbons (Fsp3) is 0.136. The van der Waals surface area contributed by atoms with Gasteiger partial charge in [0.2, 0.25) is 32.4 Å². The molecule has 0 unspecified atom stereocenters. The maximum Gasteiger partial charge on any atom is 1.00 e. The summed E-state index contributed by atoms with van der Waals surface area (Å²) in [5, 5.41) is 41.0. The van der Waals surface area contributed by atoms with Crippen molar-refractivity contribution in [2.45, 2.75) is 46.3 Å². The van der Waals surface area contributed by atoms with E-state index in [-0.39, 0.29) is 165 Å². The van der Waals surface area contributed by atoms with Crippen LogP contribution in [0, 0.1) is 0 Å². The number of fused-ring (bicyclic) bond motifs is 2. The van der Waals surface area contributed by atoms with Crippen molar-refractivity contribution in [2.75, 3.05) is 13.2 Å². The number of halogens is 4. The Hall–Kier alpha value is -3.34. The van der Waals surface area contributed by atoms with Crippen molar-refractivity contribution in [1.82, 2.24) is 29.9 Å². The topological polar surface area (TPSA) is 445 Å². The molecule has 0 amide bonds. The number of nitrogens with zero attached hydrogens (tertiary/aromatic N) is 10. The first-order chi connectivity index (χ1) is 37.5. The van der Waals surface area contributed by atoms with Gasteiger partial charge in [-0.2, -0.15) is 36.8 Å². The summed E-state index contributed by atoms with van der Waals surface area (Å²) < 4.78 is 157. The smallest absolute Gasteiger partial charge is 0.870 e. The number of azo groups is 2. The van der Waals surface area contributed by atoms with Gasteiger partial charge in [0.25, 0.3) is 20.2 Å². The second-order valence-electron chi connectivity index (χ2n) is 16.2. The first-order valence-electron chi connectivity index (χ1n) is 22.1. The van der Waals surface area contributed by atoms with Crippen LogP contribution in [0.3, 0.4) is 0 Å². The molecule has 2 heterocycles. The van der Waals surface area contributed by atoms with Gasteiger partial charge in [-0.05, 0) is 142 Å². The van der Waals surface area contributed by atoms with Crippen LogP contribution in [0.15, 0.2) is 123 Å². The Balaban J connectivity index is 0.00000378. The summed E-state index contributed by atoms with van der Waals surface area (Å²) in [7, 11) is -21.3. The van der Waals surface area contributed by atoms with Crippen molar-refractivity contribution in [3.8, 4) is 34.1 Å². The Labute approximate surface area is 583 Å². The number of hydrogen-bond donors (Lipinski definition) is 4. The molecule has 0 radical (unpaired) electrons. The molecule has 0 atom stereocenters. The first-order valence-corrected chi connectivity index (χ1v) is 29.3. The zero-order chi connectivity index (χ0) is 58.2. The number of rotatable bonds is 17. The van der Waals surface area contributed by atoms with Gasteiger partial charge in [-0.3, -0.25) is 19.1 Å². The Morgan fingerprint density at radius 3 is 1.18 bits per heavy atom. The minimum atomic E-state index is -5.35. The van der Waals surface area contributed by atoms with Crippen LogP contribution < -0.4 is 149 Å². The first kappa shape index (κ1) is 73.1. The summed E-state index contributed by atoms with van der Waals surface area (Å²) in [6.45, 7) is 3.72. The Morgan fingerprint density at radius 2 is 0.869 bits per heavy atom. The van der Waals surface area contributed by atoms with Crippen LogP contribution in [0.2, 0.25) is 21.1 Å². The second kappa shape index (κ2) is 29.8. The van der Waals surface area contributed by atoms with Gasteiger partial charge in [-0.1, -0.05) is 37.5 Å². The third-order valence-electron chi connectivity index (χ3n) is 10.7. The van der Waals surface area contributed by atoms with Gasteiger partial charge in [-0.25, -0.2) is 26.8 Å². The van der Waals surface area contributed by atoms with Crippen molar-refractivity contribution in [3.63, 3.8) is 0 Å². The van der Waals surface area contributed by atoms with E-state index in [2.05, 4.69) is 60.3 Å². The Bertz CT molecular complexity index is 4260. The van der Waals surface area contributed by atoms with Gasteiger partial charge in [0.05, 0.1) is 45.8 Å². The molecule has 8 rings (SSSR count). The van der Waals surface area contributed by atoms with Crippen molar-refractivity contribution in [1.29, 1.82) is 0 Å². The molecule has 6 aromatic carbocycles. The summed E-state index contributed by atoms with van der Waals surface area (Å²) in [6, 6.07) is 12.8. The molecule has 0 aliphatic rings. The van der Waals surface area contributed by atoms with Crippen molar-refractivity contribution in [3.05, 3.63) is 105 Å². The summed E-state index contributed by atoms with van der Waals surface area (Å²) in [5.41, 5.74) is -3.38. The Kier molecular flexibility index (Phi) is 25.9. The molecule has 28 nitrogen and oxygen atoms in total. The van der Waals surface area contributed by atoms with Crippen molar-refractivity contribution in [2.24, 2.45) is 30.4 Å².